The van der Waals surface area contributed by atoms with Gasteiger partial charge in [0.2, 0.25) is 0 Å². The van der Waals surface area contributed by atoms with Gasteiger partial charge >= 0.3 is 5.69 Å². The van der Waals surface area contributed by atoms with Crippen LogP contribution in [0.2, 0.25) is 0 Å². The van der Waals surface area contributed by atoms with E-state index in [0.717, 1.165) is 0 Å². The van der Waals surface area contributed by atoms with E-state index in [-0.39, 0.29) is 16.3 Å². The molecule has 0 aliphatic carbocycles. The van der Waals surface area contributed by atoms with Crippen molar-refractivity contribution >= 4 is 33.0 Å². The van der Waals surface area contributed by atoms with E-state index in [1.807, 2.05) is 0 Å². The standard InChI is InChI=1S/C21H19N3O7S/c1-30-17-10-6-16(7-11-17)23-32(28,29)18-12-8-15(9-13-18)22-21(25)14-31-20-5-3-2-4-19(20)24(26)27/h2-13,23H,14H2,1H3,(H,22,25). The Bertz CT molecular complexity index is 1210. The summed E-state index contributed by atoms with van der Waals surface area (Å²) in [5.74, 6) is 0.00713. The van der Waals surface area contributed by atoms with Gasteiger partial charge in [0.1, 0.15) is 5.75 Å². The van der Waals surface area contributed by atoms with Crippen molar-refractivity contribution < 1.29 is 27.6 Å². The number of benzene rings is 3. The quantitative estimate of drug-likeness (QED) is 0.371. The molecule has 1 amide bonds. The van der Waals surface area contributed by atoms with Gasteiger partial charge in [-0.15, -0.1) is 0 Å². The monoisotopic (exact) mass is 457 g/mol. The molecule has 0 aliphatic heterocycles. The molecular formula is C21H19N3O7S. The minimum atomic E-state index is -3.83. The maximum Gasteiger partial charge on any atom is 0.310 e. The van der Waals surface area contributed by atoms with Crippen LogP contribution in [0.1, 0.15) is 0 Å². The highest BCUT2D eigenvalue weighted by atomic mass is 32.2. The summed E-state index contributed by atoms with van der Waals surface area (Å²) in [6, 6.07) is 17.6. The summed E-state index contributed by atoms with van der Waals surface area (Å²) in [4.78, 5) is 22.5. The number of anilines is 2. The van der Waals surface area contributed by atoms with E-state index in [0.29, 0.717) is 17.1 Å². The smallest absolute Gasteiger partial charge is 0.310 e. The Morgan fingerprint density at radius 1 is 0.969 bits per heavy atom. The number of amides is 1. The zero-order valence-electron chi connectivity index (χ0n) is 16.8. The summed E-state index contributed by atoms with van der Waals surface area (Å²) >= 11 is 0. The van der Waals surface area contributed by atoms with E-state index in [2.05, 4.69) is 10.0 Å². The van der Waals surface area contributed by atoms with Crippen LogP contribution in [0.5, 0.6) is 11.5 Å². The molecule has 3 aromatic rings. The van der Waals surface area contributed by atoms with Gasteiger partial charge in [-0.2, -0.15) is 0 Å². The van der Waals surface area contributed by atoms with Gasteiger partial charge < -0.3 is 14.8 Å². The number of rotatable bonds is 9. The van der Waals surface area contributed by atoms with Gasteiger partial charge in [0.05, 0.1) is 16.9 Å². The van der Waals surface area contributed by atoms with Crippen LogP contribution < -0.4 is 19.5 Å². The maximum atomic E-state index is 12.5. The summed E-state index contributed by atoms with van der Waals surface area (Å²) in [7, 11) is -2.32. The Balaban J connectivity index is 1.60. The molecule has 0 unspecified atom stereocenters. The number of methoxy groups -OCH3 is 1. The summed E-state index contributed by atoms with van der Waals surface area (Å²) in [5, 5.41) is 13.5. The number of para-hydroxylation sites is 2. The Morgan fingerprint density at radius 2 is 1.59 bits per heavy atom. The van der Waals surface area contributed by atoms with Crippen LogP contribution in [0.25, 0.3) is 0 Å². The maximum absolute atomic E-state index is 12.5. The fourth-order valence-corrected chi connectivity index (χ4v) is 3.72. The third-order valence-electron chi connectivity index (χ3n) is 4.21. The summed E-state index contributed by atoms with van der Waals surface area (Å²) < 4.78 is 37.8. The highest BCUT2D eigenvalue weighted by Gasteiger charge is 2.16. The van der Waals surface area contributed by atoms with Crippen molar-refractivity contribution in [2.75, 3.05) is 23.8 Å². The SMILES string of the molecule is COc1ccc(NS(=O)(=O)c2ccc(NC(=O)COc3ccccc3[N+](=O)[O-])cc2)cc1. The van der Waals surface area contributed by atoms with Gasteiger partial charge in [-0.05, 0) is 54.6 Å². The van der Waals surface area contributed by atoms with Crippen LogP contribution >= 0.6 is 0 Å². The molecule has 0 bridgehead atoms. The lowest BCUT2D eigenvalue weighted by atomic mass is 10.3. The zero-order valence-corrected chi connectivity index (χ0v) is 17.7. The fraction of sp³-hybridized carbons (Fsp3) is 0.0952. The normalized spacial score (nSPS) is 10.8. The van der Waals surface area contributed by atoms with E-state index >= 15 is 0 Å². The molecule has 0 atom stereocenters. The molecular weight excluding hydrogens is 438 g/mol. The summed E-state index contributed by atoms with van der Waals surface area (Å²) in [6.07, 6.45) is 0. The number of carbonyl (C=O) groups is 1. The zero-order chi connectivity index (χ0) is 23.1. The molecule has 0 fully saturated rings. The Morgan fingerprint density at radius 3 is 2.22 bits per heavy atom. The van der Waals surface area contributed by atoms with E-state index in [1.165, 1.54) is 49.6 Å². The van der Waals surface area contributed by atoms with Crippen molar-refractivity contribution in [2.24, 2.45) is 0 Å². The first-order valence-corrected chi connectivity index (χ1v) is 10.7. The molecule has 0 saturated carbocycles. The molecule has 3 rings (SSSR count). The number of hydrogen-bond donors (Lipinski definition) is 2. The van der Waals surface area contributed by atoms with E-state index in [9.17, 15) is 23.3 Å². The van der Waals surface area contributed by atoms with E-state index in [4.69, 9.17) is 9.47 Å². The van der Waals surface area contributed by atoms with Crippen molar-refractivity contribution in [1.82, 2.24) is 0 Å². The van der Waals surface area contributed by atoms with Crippen LogP contribution in [0.15, 0.2) is 77.7 Å². The highest BCUT2D eigenvalue weighted by molar-refractivity contribution is 7.92. The molecule has 0 spiro atoms. The van der Waals surface area contributed by atoms with Crippen molar-refractivity contribution in [2.45, 2.75) is 4.90 Å². The molecule has 0 aliphatic rings. The first-order valence-electron chi connectivity index (χ1n) is 9.21. The number of carbonyl (C=O) groups excluding carboxylic acids is 1. The average Bonchev–Trinajstić information content (AvgIpc) is 2.78. The summed E-state index contributed by atoms with van der Waals surface area (Å²) in [6.45, 7) is -0.454. The summed E-state index contributed by atoms with van der Waals surface area (Å²) in [5.41, 5.74) is 0.458. The predicted octanol–water partition coefficient (Wildman–Crippen LogP) is 3.42. The number of sulfonamides is 1. The van der Waals surface area contributed by atoms with Gasteiger partial charge in [0.15, 0.2) is 12.4 Å². The number of nitro groups is 1. The van der Waals surface area contributed by atoms with Crippen LogP contribution in [-0.2, 0) is 14.8 Å². The third-order valence-corrected chi connectivity index (χ3v) is 5.61. The van der Waals surface area contributed by atoms with Crippen molar-refractivity contribution in [3.63, 3.8) is 0 Å². The number of hydrogen-bond acceptors (Lipinski definition) is 7. The van der Waals surface area contributed by atoms with Gasteiger partial charge in [-0.3, -0.25) is 19.6 Å². The minimum Gasteiger partial charge on any atom is -0.497 e. The molecule has 3 aromatic carbocycles. The topological polar surface area (TPSA) is 137 Å². The minimum absolute atomic E-state index is 0.00229. The van der Waals surface area contributed by atoms with Gasteiger partial charge in [-0.25, -0.2) is 8.42 Å². The van der Waals surface area contributed by atoms with Gasteiger partial charge in [0.25, 0.3) is 15.9 Å². The molecule has 0 aromatic heterocycles. The van der Waals surface area contributed by atoms with Crippen LogP contribution in [0.4, 0.5) is 17.1 Å². The third kappa shape index (κ3) is 5.73. The van der Waals surface area contributed by atoms with E-state index < -0.39 is 27.5 Å². The molecule has 10 nitrogen and oxygen atoms in total. The Kier molecular flexibility index (Phi) is 6.90. The van der Waals surface area contributed by atoms with Crippen molar-refractivity contribution in [3.8, 4) is 11.5 Å². The first-order chi connectivity index (χ1) is 15.3. The predicted molar refractivity (Wildman–Crippen MR) is 117 cm³/mol. The molecule has 11 heteroatoms. The molecule has 0 heterocycles. The first kappa shape index (κ1) is 22.6. The molecule has 0 saturated heterocycles. The van der Waals surface area contributed by atoms with Gasteiger partial charge in [0, 0.05) is 17.4 Å². The number of nitro benzene ring substituents is 1. The lowest BCUT2D eigenvalue weighted by Crippen LogP contribution is -2.20. The van der Waals surface area contributed by atoms with Crippen molar-refractivity contribution in [1.29, 1.82) is 0 Å². The Labute approximate surface area is 184 Å². The number of ether oxygens (including phenoxy) is 2. The average molecular weight is 457 g/mol. The van der Waals surface area contributed by atoms with Gasteiger partial charge in [-0.1, -0.05) is 12.1 Å². The fourth-order valence-electron chi connectivity index (χ4n) is 2.66. The van der Waals surface area contributed by atoms with Crippen LogP contribution in [0, 0.1) is 10.1 Å². The molecule has 2 N–H and O–H groups in total. The van der Waals surface area contributed by atoms with E-state index in [1.54, 1.807) is 30.3 Å². The largest absolute Gasteiger partial charge is 0.497 e. The second-order valence-corrected chi connectivity index (χ2v) is 8.10. The lowest BCUT2D eigenvalue weighted by molar-refractivity contribution is -0.385. The molecule has 0 radical (unpaired) electrons. The van der Waals surface area contributed by atoms with Crippen LogP contribution in [-0.4, -0.2) is 33.0 Å². The second-order valence-electron chi connectivity index (χ2n) is 6.42. The molecule has 166 valence electrons. The second kappa shape index (κ2) is 9.79. The lowest BCUT2D eigenvalue weighted by Gasteiger charge is -2.10. The molecule has 32 heavy (non-hydrogen) atoms. The number of nitrogens with one attached hydrogen (secondary N) is 2. The highest BCUT2D eigenvalue weighted by Crippen LogP contribution is 2.26. The Hall–Kier alpha value is -4.12. The van der Waals surface area contributed by atoms with Crippen molar-refractivity contribution in [3.05, 3.63) is 82.9 Å². The van der Waals surface area contributed by atoms with Crippen LogP contribution in [0.3, 0.4) is 0 Å². The number of nitrogens with zero attached hydrogens (tertiary/aromatic N) is 1.